The first-order chi connectivity index (χ1) is 15.0. The molecule has 0 aliphatic carbocycles. The number of rotatable bonds is 5. The summed E-state index contributed by atoms with van der Waals surface area (Å²) in [6, 6.07) is 13.7. The highest BCUT2D eigenvalue weighted by Crippen LogP contribution is 2.25. The second-order valence-electron chi connectivity index (χ2n) is 7.78. The molecule has 1 fully saturated rings. The van der Waals surface area contributed by atoms with Gasteiger partial charge in [-0.3, -0.25) is 24.1 Å². The highest BCUT2D eigenvalue weighted by atomic mass is 16.5. The number of esters is 1. The van der Waals surface area contributed by atoms with Crippen LogP contribution < -0.4 is 0 Å². The second-order valence-corrected chi connectivity index (χ2v) is 7.78. The number of benzene rings is 2. The van der Waals surface area contributed by atoms with Crippen molar-refractivity contribution in [3.63, 3.8) is 0 Å². The minimum absolute atomic E-state index is 0.0961. The Morgan fingerprint density at radius 1 is 1.03 bits per heavy atom. The predicted molar refractivity (Wildman–Crippen MR) is 112 cm³/mol. The number of piperidine rings is 1. The van der Waals surface area contributed by atoms with Gasteiger partial charge in [0.1, 0.15) is 0 Å². The number of ether oxygens (including phenoxy) is 1. The maximum absolute atomic E-state index is 13.0. The largest absolute Gasteiger partial charge is 0.466 e. The van der Waals surface area contributed by atoms with Crippen molar-refractivity contribution in [3.8, 4) is 0 Å². The van der Waals surface area contributed by atoms with E-state index in [2.05, 4.69) is 0 Å². The van der Waals surface area contributed by atoms with Gasteiger partial charge in [-0.05, 0) is 49.6 Å². The second kappa shape index (κ2) is 8.71. The first-order valence-corrected chi connectivity index (χ1v) is 10.5. The summed E-state index contributed by atoms with van der Waals surface area (Å²) in [5.74, 6) is -1.40. The van der Waals surface area contributed by atoms with Gasteiger partial charge in [0.2, 0.25) is 0 Å². The van der Waals surface area contributed by atoms with Crippen LogP contribution in [0.1, 0.15) is 56.4 Å². The van der Waals surface area contributed by atoms with E-state index in [1.165, 1.54) is 4.90 Å². The summed E-state index contributed by atoms with van der Waals surface area (Å²) >= 11 is 0. The molecule has 1 atom stereocenters. The van der Waals surface area contributed by atoms with Gasteiger partial charge in [-0.25, -0.2) is 0 Å². The SMILES string of the molecule is CCOC(=O)C1CCCN(C(=O)c2cccc(CN3C(=O)c4ccccc4C3=O)c2)C1. The van der Waals surface area contributed by atoms with Crippen LogP contribution in [-0.2, 0) is 16.1 Å². The van der Waals surface area contributed by atoms with Crippen molar-refractivity contribution < 1.29 is 23.9 Å². The van der Waals surface area contributed by atoms with Crippen molar-refractivity contribution >= 4 is 23.7 Å². The van der Waals surface area contributed by atoms with Crippen molar-refractivity contribution in [1.29, 1.82) is 0 Å². The molecule has 2 aliphatic heterocycles. The minimum atomic E-state index is -0.328. The summed E-state index contributed by atoms with van der Waals surface area (Å²) in [5.41, 5.74) is 1.97. The Bertz CT molecular complexity index is 1010. The predicted octanol–water partition coefficient (Wildman–Crippen LogP) is 2.90. The normalized spacial score (nSPS) is 18.2. The lowest BCUT2D eigenvalue weighted by Gasteiger charge is -2.31. The Labute approximate surface area is 180 Å². The molecule has 3 amide bonds. The Kier molecular flexibility index (Phi) is 5.84. The van der Waals surface area contributed by atoms with Crippen molar-refractivity contribution in [2.24, 2.45) is 5.92 Å². The van der Waals surface area contributed by atoms with Gasteiger partial charge in [0.15, 0.2) is 0 Å². The summed E-state index contributed by atoms with van der Waals surface area (Å²) in [6.45, 7) is 3.10. The third-order valence-electron chi connectivity index (χ3n) is 5.72. The maximum Gasteiger partial charge on any atom is 0.310 e. The first kappa shape index (κ1) is 20.8. The highest BCUT2D eigenvalue weighted by Gasteiger charge is 2.35. The van der Waals surface area contributed by atoms with Gasteiger partial charge in [-0.15, -0.1) is 0 Å². The van der Waals surface area contributed by atoms with Crippen molar-refractivity contribution in [2.75, 3.05) is 19.7 Å². The molecule has 1 unspecified atom stereocenters. The molecule has 2 aromatic rings. The van der Waals surface area contributed by atoms with Crippen LogP contribution in [0.4, 0.5) is 0 Å². The molecular weight excluding hydrogens is 396 g/mol. The molecule has 0 N–H and O–H groups in total. The number of fused-ring (bicyclic) bond motifs is 1. The fraction of sp³-hybridized carbons (Fsp3) is 0.333. The first-order valence-electron chi connectivity index (χ1n) is 10.5. The van der Waals surface area contributed by atoms with Crippen LogP contribution in [0.15, 0.2) is 48.5 Å². The number of amides is 3. The van der Waals surface area contributed by atoms with E-state index in [-0.39, 0.29) is 36.2 Å². The molecule has 0 spiro atoms. The van der Waals surface area contributed by atoms with Gasteiger partial charge in [-0.2, -0.15) is 0 Å². The third-order valence-corrected chi connectivity index (χ3v) is 5.72. The third kappa shape index (κ3) is 4.08. The van der Waals surface area contributed by atoms with Crippen LogP contribution in [0.25, 0.3) is 0 Å². The summed E-state index contributed by atoms with van der Waals surface area (Å²) in [5, 5.41) is 0. The number of likely N-dealkylation sites (tertiary alicyclic amines) is 1. The standard InChI is InChI=1S/C24H24N2O5/c1-2-31-24(30)18-9-6-12-25(15-18)21(27)17-8-5-7-16(13-17)14-26-22(28)19-10-3-4-11-20(19)23(26)29/h3-5,7-8,10-11,13,18H,2,6,9,12,14-15H2,1H3. The van der Waals surface area contributed by atoms with E-state index >= 15 is 0 Å². The van der Waals surface area contributed by atoms with Gasteiger partial charge < -0.3 is 9.64 Å². The molecule has 7 nitrogen and oxygen atoms in total. The molecule has 7 heteroatoms. The number of nitrogens with zero attached hydrogens (tertiary/aromatic N) is 2. The van der Waals surface area contributed by atoms with Gasteiger partial charge in [-0.1, -0.05) is 24.3 Å². The van der Waals surface area contributed by atoms with E-state index in [4.69, 9.17) is 4.74 Å². The summed E-state index contributed by atoms with van der Waals surface area (Å²) in [6.07, 6.45) is 1.45. The highest BCUT2D eigenvalue weighted by molar-refractivity contribution is 6.21. The molecule has 0 bridgehead atoms. The molecule has 160 valence electrons. The summed E-state index contributed by atoms with van der Waals surface area (Å²) in [4.78, 5) is 53.2. The van der Waals surface area contributed by atoms with Crippen molar-refractivity contribution in [1.82, 2.24) is 9.80 Å². The lowest BCUT2D eigenvalue weighted by Crippen LogP contribution is -2.42. The van der Waals surface area contributed by atoms with Crippen LogP contribution in [0.5, 0.6) is 0 Å². The maximum atomic E-state index is 13.0. The Balaban J connectivity index is 1.47. The van der Waals surface area contributed by atoms with Crippen LogP contribution in [0.3, 0.4) is 0 Å². The lowest BCUT2D eigenvalue weighted by atomic mass is 9.97. The Hall–Kier alpha value is -3.48. The fourth-order valence-corrected chi connectivity index (χ4v) is 4.16. The quantitative estimate of drug-likeness (QED) is 0.549. The molecule has 31 heavy (non-hydrogen) atoms. The number of carbonyl (C=O) groups excluding carboxylic acids is 4. The van der Waals surface area contributed by atoms with Crippen LogP contribution in [0, 0.1) is 5.92 Å². The average Bonchev–Trinajstić information content (AvgIpc) is 3.04. The average molecular weight is 420 g/mol. The van der Waals surface area contributed by atoms with Crippen molar-refractivity contribution in [2.45, 2.75) is 26.3 Å². The van der Waals surface area contributed by atoms with Gasteiger partial charge >= 0.3 is 5.97 Å². The molecule has 0 aromatic heterocycles. The topological polar surface area (TPSA) is 84.0 Å². The Morgan fingerprint density at radius 3 is 2.42 bits per heavy atom. The summed E-state index contributed by atoms with van der Waals surface area (Å²) < 4.78 is 5.11. The van der Waals surface area contributed by atoms with E-state index in [0.29, 0.717) is 48.4 Å². The van der Waals surface area contributed by atoms with Crippen LogP contribution in [0.2, 0.25) is 0 Å². The lowest BCUT2D eigenvalue weighted by molar-refractivity contribution is -0.149. The molecule has 4 rings (SSSR count). The molecule has 1 saturated heterocycles. The zero-order valence-electron chi connectivity index (χ0n) is 17.4. The fourth-order valence-electron chi connectivity index (χ4n) is 4.16. The zero-order chi connectivity index (χ0) is 22.0. The van der Waals surface area contributed by atoms with E-state index in [0.717, 1.165) is 6.42 Å². The van der Waals surface area contributed by atoms with Gasteiger partial charge in [0.05, 0.1) is 30.2 Å². The number of imide groups is 1. The minimum Gasteiger partial charge on any atom is -0.466 e. The number of carbonyl (C=O) groups is 4. The van der Waals surface area contributed by atoms with E-state index in [1.54, 1.807) is 60.4 Å². The Morgan fingerprint density at radius 2 is 1.74 bits per heavy atom. The molecule has 2 aliphatic rings. The van der Waals surface area contributed by atoms with Crippen LogP contribution >= 0.6 is 0 Å². The zero-order valence-corrected chi connectivity index (χ0v) is 17.4. The molecule has 2 aromatic carbocycles. The molecule has 2 heterocycles. The number of hydrogen-bond acceptors (Lipinski definition) is 5. The van der Waals surface area contributed by atoms with Gasteiger partial charge in [0, 0.05) is 18.7 Å². The van der Waals surface area contributed by atoms with E-state index < -0.39 is 0 Å². The van der Waals surface area contributed by atoms with Crippen LogP contribution in [-0.4, -0.2) is 53.2 Å². The molecule has 0 radical (unpaired) electrons. The van der Waals surface area contributed by atoms with E-state index in [9.17, 15) is 19.2 Å². The molecule has 0 saturated carbocycles. The van der Waals surface area contributed by atoms with E-state index in [1.807, 2.05) is 0 Å². The van der Waals surface area contributed by atoms with Gasteiger partial charge in [0.25, 0.3) is 17.7 Å². The smallest absolute Gasteiger partial charge is 0.310 e. The molecular formula is C24H24N2O5. The van der Waals surface area contributed by atoms with Crippen molar-refractivity contribution in [3.05, 3.63) is 70.8 Å². The summed E-state index contributed by atoms with van der Waals surface area (Å²) in [7, 11) is 0. The number of hydrogen-bond donors (Lipinski definition) is 0. The monoisotopic (exact) mass is 420 g/mol.